The average molecular weight is 246 g/mol. The summed E-state index contributed by atoms with van der Waals surface area (Å²) >= 11 is 0. The monoisotopic (exact) mass is 246 g/mol. The highest BCUT2D eigenvalue weighted by molar-refractivity contribution is 5.93. The number of nitrogens with zero attached hydrogens (tertiary/aromatic N) is 1. The van der Waals surface area contributed by atoms with Crippen molar-refractivity contribution in [2.24, 2.45) is 5.92 Å². The molecule has 0 saturated carbocycles. The molecule has 1 heterocycles. The van der Waals surface area contributed by atoms with Gasteiger partial charge in [-0.25, -0.2) is 4.98 Å². The lowest BCUT2D eigenvalue weighted by Crippen LogP contribution is -2.17. The van der Waals surface area contributed by atoms with Crippen LogP contribution in [0.1, 0.15) is 39.5 Å². The molecule has 2 rings (SSSR count). The molecule has 1 aromatic carbocycles. The van der Waals surface area contributed by atoms with E-state index in [-0.39, 0.29) is 17.7 Å². The fourth-order valence-electron chi connectivity index (χ4n) is 1.56. The van der Waals surface area contributed by atoms with Crippen LogP contribution in [0.5, 0.6) is 0 Å². The minimum atomic E-state index is -0.0377. The summed E-state index contributed by atoms with van der Waals surface area (Å²) in [6.45, 7) is 7.79. The molecule has 1 amide bonds. The molecule has 1 N–H and O–H groups in total. The van der Waals surface area contributed by atoms with Gasteiger partial charge >= 0.3 is 0 Å². The summed E-state index contributed by atoms with van der Waals surface area (Å²) in [5, 5.41) is 2.85. The highest BCUT2D eigenvalue weighted by Gasteiger charge is 2.11. The van der Waals surface area contributed by atoms with Crippen molar-refractivity contribution in [2.45, 2.75) is 33.6 Å². The van der Waals surface area contributed by atoms with Crippen LogP contribution < -0.4 is 5.32 Å². The predicted molar refractivity (Wildman–Crippen MR) is 71.6 cm³/mol. The molecular formula is C14H18N2O2. The van der Waals surface area contributed by atoms with Crippen LogP contribution >= 0.6 is 0 Å². The van der Waals surface area contributed by atoms with Gasteiger partial charge in [-0.15, -0.1) is 0 Å². The molecule has 0 spiro atoms. The summed E-state index contributed by atoms with van der Waals surface area (Å²) in [5.74, 6) is 0.939. The topological polar surface area (TPSA) is 55.1 Å². The second-order valence-electron chi connectivity index (χ2n) is 5.03. The summed E-state index contributed by atoms with van der Waals surface area (Å²) in [5.41, 5.74) is 2.28. The van der Waals surface area contributed by atoms with Crippen LogP contribution in [0.4, 0.5) is 5.69 Å². The van der Waals surface area contributed by atoms with Gasteiger partial charge in [-0.1, -0.05) is 27.7 Å². The minimum absolute atomic E-state index is 0.00179. The third-order valence-electron chi connectivity index (χ3n) is 2.69. The molecule has 0 aliphatic carbocycles. The number of oxazole rings is 1. The molecule has 0 radical (unpaired) electrons. The first-order chi connectivity index (χ1) is 8.47. The molecule has 0 aliphatic heterocycles. The summed E-state index contributed by atoms with van der Waals surface area (Å²) in [4.78, 5) is 16.0. The van der Waals surface area contributed by atoms with Gasteiger partial charge in [0, 0.05) is 17.5 Å². The number of hydrogen-bond acceptors (Lipinski definition) is 3. The Kier molecular flexibility index (Phi) is 3.36. The molecule has 0 aliphatic rings. The molecule has 0 unspecified atom stereocenters. The van der Waals surface area contributed by atoms with Crippen molar-refractivity contribution in [3.05, 3.63) is 24.1 Å². The van der Waals surface area contributed by atoms with Gasteiger partial charge in [-0.3, -0.25) is 4.79 Å². The predicted octanol–water partition coefficient (Wildman–Crippen LogP) is 3.55. The number of aromatic nitrogens is 1. The van der Waals surface area contributed by atoms with E-state index in [1.54, 1.807) is 0 Å². The quantitative estimate of drug-likeness (QED) is 0.901. The van der Waals surface area contributed by atoms with Crippen LogP contribution in [0.25, 0.3) is 11.1 Å². The molecule has 0 saturated heterocycles. The van der Waals surface area contributed by atoms with E-state index in [9.17, 15) is 4.79 Å². The second-order valence-corrected chi connectivity index (χ2v) is 5.03. The summed E-state index contributed by atoms with van der Waals surface area (Å²) in [6, 6.07) is 5.51. The summed E-state index contributed by atoms with van der Waals surface area (Å²) in [7, 11) is 0. The fraction of sp³-hybridized carbons (Fsp3) is 0.429. The third kappa shape index (κ3) is 2.53. The van der Waals surface area contributed by atoms with E-state index in [0.717, 1.165) is 22.7 Å². The largest absolute Gasteiger partial charge is 0.440 e. The molecule has 1 aromatic heterocycles. The molecule has 2 aromatic rings. The zero-order valence-electron chi connectivity index (χ0n) is 11.2. The lowest BCUT2D eigenvalue weighted by Gasteiger charge is -2.06. The highest BCUT2D eigenvalue weighted by Crippen LogP contribution is 2.23. The van der Waals surface area contributed by atoms with E-state index >= 15 is 0 Å². The van der Waals surface area contributed by atoms with Crippen LogP contribution in [-0.4, -0.2) is 10.9 Å². The first-order valence-electron chi connectivity index (χ1n) is 6.18. The van der Waals surface area contributed by atoms with Crippen LogP contribution in [0, 0.1) is 5.92 Å². The number of fused-ring (bicyclic) bond motifs is 1. The number of amides is 1. The van der Waals surface area contributed by atoms with Gasteiger partial charge < -0.3 is 9.73 Å². The molecule has 4 heteroatoms. The van der Waals surface area contributed by atoms with Gasteiger partial charge in [0.15, 0.2) is 11.5 Å². The van der Waals surface area contributed by atoms with E-state index < -0.39 is 0 Å². The molecule has 0 fully saturated rings. The van der Waals surface area contributed by atoms with Crippen LogP contribution in [0.15, 0.2) is 22.6 Å². The van der Waals surface area contributed by atoms with Crippen molar-refractivity contribution in [1.82, 2.24) is 4.98 Å². The average Bonchev–Trinajstić information content (AvgIpc) is 2.71. The maximum absolute atomic E-state index is 11.6. The summed E-state index contributed by atoms with van der Waals surface area (Å²) < 4.78 is 5.61. The highest BCUT2D eigenvalue weighted by atomic mass is 16.3. The zero-order valence-corrected chi connectivity index (χ0v) is 11.2. The normalized spacial score (nSPS) is 11.4. The Morgan fingerprint density at radius 1 is 1.28 bits per heavy atom. The second kappa shape index (κ2) is 4.80. The smallest absolute Gasteiger partial charge is 0.226 e. The number of nitrogens with one attached hydrogen (secondary N) is 1. The van der Waals surface area contributed by atoms with E-state index in [1.807, 2.05) is 45.9 Å². The Morgan fingerprint density at radius 3 is 2.61 bits per heavy atom. The van der Waals surface area contributed by atoms with Crippen LogP contribution in [0.2, 0.25) is 0 Å². The Hall–Kier alpha value is -1.84. The van der Waals surface area contributed by atoms with Crippen LogP contribution in [0.3, 0.4) is 0 Å². The fourth-order valence-corrected chi connectivity index (χ4v) is 1.56. The Balaban J connectivity index is 2.29. The van der Waals surface area contributed by atoms with Gasteiger partial charge in [-0.05, 0) is 18.2 Å². The number of anilines is 1. The maximum atomic E-state index is 11.6. The lowest BCUT2D eigenvalue weighted by atomic mass is 10.2. The molecule has 96 valence electrons. The zero-order chi connectivity index (χ0) is 13.3. The minimum Gasteiger partial charge on any atom is -0.440 e. The molecule has 4 nitrogen and oxygen atoms in total. The SMILES string of the molecule is CC(C)C(=O)Nc1ccc2oc(C(C)C)nc2c1. The molecule has 0 bridgehead atoms. The van der Waals surface area contributed by atoms with Gasteiger partial charge in [0.1, 0.15) is 5.52 Å². The van der Waals surface area contributed by atoms with E-state index in [4.69, 9.17) is 4.42 Å². The molecule has 18 heavy (non-hydrogen) atoms. The van der Waals surface area contributed by atoms with E-state index in [1.165, 1.54) is 0 Å². The van der Waals surface area contributed by atoms with Crippen LogP contribution in [-0.2, 0) is 4.79 Å². The van der Waals surface area contributed by atoms with Crippen molar-refractivity contribution in [3.63, 3.8) is 0 Å². The van der Waals surface area contributed by atoms with Crippen molar-refractivity contribution in [1.29, 1.82) is 0 Å². The number of hydrogen-bond donors (Lipinski definition) is 1. The number of carbonyl (C=O) groups excluding carboxylic acids is 1. The Morgan fingerprint density at radius 2 is 2.00 bits per heavy atom. The Labute approximate surface area is 106 Å². The van der Waals surface area contributed by atoms with Crippen molar-refractivity contribution in [2.75, 3.05) is 5.32 Å². The van der Waals surface area contributed by atoms with Crippen molar-refractivity contribution >= 4 is 22.7 Å². The summed E-state index contributed by atoms with van der Waals surface area (Å²) in [6.07, 6.45) is 0. The van der Waals surface area contributed by atoms with Crippen molar-refractivity contribution in [3.8, 4) is 0 Å². The van der Waals surface area contributed by atoms with Gasteiger partial charge in [0.05, 0.1) is 0 Å². The van der Waals surface area contributed by atoms with Gasteiger partial charge in [-0.2, -0.15) is 0 Å². The van der Waals surface area contributed by atoms with E-state index in [2.05, 4.69) is 10.3 Å². The van der Waals surface area contributed by atoms with Crippen molar-refractivity contribution < 1.29 is 9.21 Å². The number of benzene rings is 1. The third-order valence-corrected chi connectivity index (χ3v) is 2.69. The number of carbonyl (C=O) groups is 1. The standard InChI is InChI=1S/C14H18N2O2/c1-8(2)13(17)15-10-5-6-12-11(7-10)16-14(18-12)9(3)4/h5-9H,1-4H3,(H,15,17). The number of rotatable bonds is 3. The van der Waals surface area contributed by atoms with E-state index in [0.29, 0.717) is 0 Å². The first kappa shape index (κ1) is 12.6. The lowest BCUT2D eigenvalue weighted by molar-refractivity contribution is -0.118. The van der Waals surface area contributed by atoms with Gasteiger partial charge in [0.2, 0.25) is 5.91 Å². The van der Waals surface area contributed by atoms with Gasteiger partial charge in [0.25, 0.3) is 0 Å². The molecular weight excluding hydrogens is 228 g/mol. The maximum Gasteiger partial charge on any atom is 0.226 e. The Bertz CT molecular complexity index is 570. The molecule has 0 atom stereocenters. The first-order valence-corrected chi connectivity index (χ1v) is 6.18.